The number of amides is 1. The number of aromatic nitrogens is 3. The van der Waals surface area contributed by atoms with E-state index in [1.807, 2.05) is 0 Å². The lowest BCUT2D eigenvalue weighted by Crippen LogP contribution is -2.63. The summed E-state index contributed by atoms with van der Waals surface area (Å²) in [4.78, 5) is 18.3. The molecule has 2 aliphatic heterocycles. The molecule has 0 spiro atoms. The van der Waals surface area contributed by atoms with Crippen LogP contribution in [0.15, 0.2) is 48.8 Å². The average Bonchev–Trinajstić information content (AvgIpc) is 3.30. The Kier molecular flexibility index (Phi) is 4.03. The van der Waals surface area contributed by atoms with E-state index in [1.165, 1.54) is 17.2 Å². The zero-order chi connectivity index (χ0) is 23.1. The number of hydrogen-bond donors (Lipinski definition) is 0. The number of rotatable bonds is 2. The molecule has 33 heavy (non-hydrogen) atoms. The van der Waals surface area contributed by atoms with Gasteiger partial charge in [-0.3, -0.25) is 14.5 Å². The molecule has 0 N–H and O–H groups in total. The van der Waals surface area contributed by atoms with Crippen molar-refractivity contribution in [1.29, 1.82) is 0 Å². The molecule has 4 heterocycles. The summed E-state index contributed by atoms with van der Waals surface area (Å²) in [5, 5.41) is 3.38. The van der Waals surface area contributed by atoms with Crippen LogP contribution in [0, 0.1) is 5.82 Å². The maximum atomic E-state index is 16.1. The number of hydrogen-bond acceptors (Lipinski definition) is 4. The lowest BCUT2D eigenvalue weighted by atomic mass is 9.37. The maximum Gasteiger partial charge on any atom is 0.404 e. The summed E-state index contributed by atoms with van der Waals surface area (Å²) in [5.41, 5.74) is 2.42. The van der Waals surface area contributed by atoms with E-state index in [0.717, 1.165) is 5.39 Å². The van der Waals surface area contributed by atoms with Crippen molar-refractivity contribution in [3.8, 4) is 16.9 Å². The Balaban J connectivity index is 1.56. The van der Waals surface area contributed by atoms with Crippen LogP contribution in [-0.4, -0.2) is 47.5 Å². The van der Waals surface area contributed by atoms with Crippen LogP contribution in [0.1, 0.15) is 21.6 Å². The van der Waals surface area contributed by atoms with Gasteiger partial charge in [0.2, 0.25) is 0 Å². The molecule has 1 atom stereocenters. The van der Waals surface area contributed by atoms with Gasteiger partial charge in [0.05, 0.1) is 23.7 Å². The lowest BCUT2D eigenvalue weighted by Gasteiger charge is -2.42. The first-order valence-corrected chi connectivity index (χ1v) is 10.4. The first kappa shape index (κ1) is 20.0. The van der Waals surface area contributed by atoms with E-state index in [4.69, 9.17) is 12.6 Å². The molecule has 2 radical (unpaired) electrons. The van der Waals surface area contributed by atoms with Gasteiger partial charge in [0, 0.05) is 36.9 Å². The Labute approximate surface area is 189 Å². The van der Waals surface area contributed by atoms with Crippen LogP contribution >= 0.6 is 0 Å². The number of carbonyl (C=O) groups is 1. The molecule has 10 heteroatoms. The number of benzene rings is 2. The molecule has 0 aliphatic carbocycles. The van der Waals surface area contributed by atoms with Crippen molar-refractivity contribution in [1.82, 2.24) is 19.7 Å². The van der Waals surface area contributed by atoms with Crippen LogP contribution in [0.25, 0.3) is 22.0 Å². The highest BCUT2D eigenvalue weighted by Gasteiger charge is 2.58. The van der Waals surface area contributed by atoms with Crippen molar-refractivity contribution in [2.45, 2.75) is 11.9 Å². The second-order valence-electron chi connectivity index (χ2n) is 8.39. The summed E-state index contributed by atoms with van der Waals surface area (Å²) in [7, 11) is 9.84. The minimum absolute atomic E-state index is 0.114. The smallest absolute Gasteiger partial charge is 0.404 e. The zero-order valence-corrected chi connectivity index (χ0v) is 17.8. The number of methoxy groups -OCH3 is 1. The van der Waals surface area contributed by atoms with Crippen LogP contribution in [0.2, 0.25) is 0 Å². The average molecular weight is 440 g/mol. The quantitative estimate of drug-likeness (QED) is 0.450. The Hall–Kier alpha value is -3.68. The standard InChI is InChI=1S/C23H16B2F2N4O2/c1-30-10-15-13(5-6-19(33-2)20(15)29-30)12-8-17-16(18(26)9-12)11-31-22(32)14-4-3-7-28-21(14)23(31,24)25(17)27/h3-10H,11H2,1-2H3. The predicted octanol–water partition coefficient (Wildman–Crippen LogP) is 2.48. The van der Waals surface area contributed by atoms with E-state index >= 15 is 8.71 Å². The van der Waals surface area contributed by atoms with Gasteiger partial charge in [-0.15, -0.1) is 0 Å². The topological polar surface area (TPSA) is 60.2 Å². The third-order valence-corrected chi connectivity index (χ3v) is 6.60. The minimum atomic E-state index is -1.86. The maximum absolute atomic E-state index is 16.1. The fourth-order valence-electron chi connectivity index (χ4n) is 5.01. The predicted molar refractivity (Wildman–Crippen MR) is 121 cm³/mol. The van der Waals surface area contributed by atoms with Gasteiger partial charge in [-0.1, -0.05) is 6.07 Å². The van der Waals surface area contributed by atoms with Crippen molar-refractivity contribution in [2.75, 3.05) is 7.11 Å². The number of fused-ring (bicyclic) bond motifs is 5. The molecule has 1 amide bonds. The zero-order valence-electron chi connectivity index (χ0n) is 17.8. The lowest BCUT2D eigenvalue weighted by molar-refractivity contribution is 0.0715. The molecule has 1 unspecified atom stereocenters. The summed E-state index contributed by atoms with van der Waals surface area (Å²) >= 11 is 0. The van der Waals surface area contributed by atoms with Crippen LogP contribution in [0.4, 0.5) is 8.71 Å². The summed E-state index contributed by atoms with van der Waals surface area (Å²) in [5.74, 6) is -0.471. The second kappa shape index (κ2) is 6.66. The number of halogens is 2. The van der Waals surface area contributed by atoms with Gasteiger partial charge >= 0.3 is 6.99 Å². The molecule has 4 aromatic rings. The van der Waals surface area contributed by atoms with Crippen LogP contribution in [0.3, 0.4) is 0 Å². The summed E-state index contributed by atoms with van der Waals surface area (Å²) < 4.78 is 38.5. The van der Waals surface area contributed by atoms with Crippen molar-refractivity contribution < 1.29 is 18.2 Å². The normalized spacial score (nSPS) is 19.0. The third-order valence-electron chi connectivity index (χ3n) is 6.60. The van der Waals surface area contributed by atoms with E-state index in [-0.39, 0.29) is 28.8 Å². The highest BCUT2D eigenvalue weighted by molar-refractivity contribution is 6.77. The van der Waals surface area contributed by atoms with Gasteiger partial charge < -0.3 is 14.0 Å². The number of nitrogens with zero attached hydrogens (tertiary/aromatic N) is 4. The van der Waals surface area contributed by atoms with Crippen molar-refractivity contribution in [3.05, 3.63) is 71.4 Å². The molecular formula is C23H16B2F2N4O2. The molecule has 0 saturated heterocycles. The van der Waals surface area contributed by atoms with E-state index in [1.54, 1.807) is 55.4 Å². The summed E-state index contributed by atoms with van der Waals surface area (Å²) in [6.45, 7) is -2.00. The van der Waals surface area contributed by atoms with E-state index in [9.17, 15) is 4.79 Å². The molecule has 0 fully saturated rings. The number of ether oxygens (including phenoxy) is 1. The summed E-state index contributed by atoms with van der Waals surface area (Å²) in [6, 6.07) is 9.66. The van der Waals surface area contributed by atoms with Crippen molar-refractivity contribution in [3.63, 3.8) is 0 Å². The van der Waals surface area contributed by atoms with Gasteiger partial charge in [-0.2, -0.15) is 5.10 Å². The SMILES string of the molecule is [B]C12B(F)c3cc(-c4ccc(OC)c5nn(C)cc45)cc(F)c3CN1C(=O)c1cccnc12. The van der Waals surface area contributed by atoms with Gasteiger partial charge in [0.15, 0.2) is 0 Å². The van der Waals surface area contributed by atoms with Gasteiger partial charge in [0.1, 0.15) is 24.9 Å². The van der Waals surface area contributed by atoms with Crippen molar-refractivity contribution >= 4 is 37.1 Å². The molecule has 2 aromatic heterocycles. The highest BCUT2D eigenvalue weighted by Crippen LogP contribution is 2.43. The Bertz CT molecular complexity index is 1490. The minimum Gasteiger partial charge on any atom is -0.494 e. The molecule has 6 nitrogen and oxygen atoms in total. The molecule has 6 rings (SSSR count). The van der Waals surface area contributed by atoms with Gasteiger partial charge in [-0.25, -0.2) is 4.39 Å². The van der Waals surface area contributed by atoms with Gasteiger partial charge in [0.25, 0.3) is 5.91 Å². The molecule has 2 aromatic carbocycles. The summed E-state index contributed by atoms with van der Waals surface area (Å²) in [6.07, 6.45) is 3.28. The largest absolute Gasteiger partial charge is 0.494 e. The van der Waals surface area contributed by atoms with E-state index in [2.05, 4.69) is 10.1 Å². The van der Waals surface area contributed by atoms with Crippen LogP contribution < -0.4 is 10.2 Å². The third kappa shape index (κ3) is 2.52. The first-order chi connectivity index (χ1) is 15.8. The fraction of sp³-hybridized carbons (Fsp3) is 0.174. The Morgan fingerprint density at radius 1 is 1.24 bits per heavy atom. The monoisotopic (exact) mass is 440 g/mol. The molecule has 160 valence electrons. The van der Waals surface area contributed by atoms with E-state index in [0.29, 0.717) is 22.4 Å². The van der Waals surface area contributed by atoms with Gasteiger partial charge in [-0.05, 0) is 46.9 Å². The number of pyridine rings is 1. The molecule has 2 aliphatic rings. The Morgan fingerprint density at radius 3 is 2.85 bits per heavy atom. The van der Waals surface area contributed by atoms with Crippen molar-refractivity contribution in [2.24, 2.45) is 7.05 Å². The number of carbonyl (C=O) groups excluding carboxylic acids is 1. The number of aryl methyl sites for hydroxylation is 1. The first-order valence-electron chi connectivity index (χ1n) is 10.4. The van der Waals surface area contributed by atoms with E-state index < -0.39 is 24.1 Å². The van der Waals surface area contributed by atoms with Crippen LogP contribution in [0.5, 0.6) is 5.75 Å². The molecule has 0 saturated carbocycles. The van der Waals surface area contributed by atoms with Crippen LogP contribution in [-0.2, 0) is 18.9 Å². The molecule has 0 bridgehead atoms. The Morgan fingerprint density at radius 2 is 2.06 bits per heavy atom. The fourth-order valence-corrected chi connectivity index (χ4v) is 5.01. The highest BCUT2D eigenvalue weighted by atomic mass is 19.1. The second-order valence-corrected chi connectivity index (χ2v) is 8.39. The molecular weight excluding hydrogens is 424 g/mol.